The summed E-state index contributed by atoms with van der Waals surface area (Å²) in [4.78, 5) is 10.4. The van der Waals surface area contributed by atoms with Crippen molar-refractivity contribution in [2.75, 3.05) is 18.1 Å². The molecule has 0 saturated carbocycles. The minimum absolute atomic E-state index is 0.410. The monoisotopic (exact) mass is 339 g/mol. The van der Waals surface area contributed by atoms with E-state index < -0.39 is 0 Å². The summed E-state index contributed by atoms with van der Waals surface area (Å²) in [6.07, 6.45) is 2.39. The van der Waals surface area contributed by atoms with Gasteiger partial charge in [0.25, 0.3) is 0 Å². The molecule has 1 aliphatic heterocycles. The molecule has 0 aliphatic carbocycles. The number of hydrogen-bond acceptors (Lipinski definition) is 4. The number of ether oxygens (including phenoxy) is 1. The van der Waals surface area contributed by atoms with Crippen molar-refractivity contribution in [3.63, 3.8) is 0 Å². The first-order valence-corrected chi connectivity index (χ1v) is 7.10. The molecule has 0 fully saturated rings. The van der Waals surface area contributed by atoms with Crippen LogP contribution in [0.2, 0.25) is 5.15 Å². The van der Waals surface area contributed by atoms with Gasteiger partial charge < -0.3 is 9.64 Å². The van der Waals surface area contributed by atoms with E-state index in [4.69, 9.17) is 16.3 Å². The molecule has 1 aromatic heterocycles. The molecule has 0 saturated heterocycles. The molecule has 0 unspecified atom stereocenters. The molecule has 0 atom stereocenters. The Balaban J connectivity index is 2.12. The fraction of sp³-hybridized carbons (Fsp3) is 0.231. The largest absolute Gasteiger partial charge is 0.491 e. The van der Waals surface area contributed by atoms with E-state index in [2.05, 4.69) is 30.8 Å². The van der Waals surface area contributed by atoms with E-state index in [0.717, 1.165) is 30.2 Å². The standard InChI is InChI=1S/C13H11BrClN3O/c14-11-12(15)16-8-17-13(11)18-6-3-7-19-10-5-2-1-4-9(10)18/h1-2,4-5,8H,3,6-7H2. The van der Waals surface area contributed by atoms with Gasteiger partial charge in [0.1, 0.15) is 17.2 Å². The van der Waals surface area contributed by atoms with Crippen LogP contribution < -0.4 is 9.64 Å². The van der Waals surface area contributed by atoms with Crippen molar-refractivity contribution in [2.24, 2.45) is 0 Å². The minimum Gasteiger partial charge on any atom is -0.491 e. The lowest BCUT2D eigenvalue weighted by atomic mass is 10.2. The van der Waals surface area contributed by atoms with Crippen LogP contribution in [0.4, 0.5) is 11.5 Å². The van der Waals surface area contributed by atoms with E-state index in [1.807, 2.05) is 24.3 Å². The Kier molecular flexibility index (Phi) is 3.57. The quantitative estimate of drug-likeness (QED) is 0.740. The van der Waals surface area contributed by atoms with Crippen LogP contribution in [0.5, 0.6) is 5.75 Å². The van der Waals surface area contributed by atoms with E-state index in [0.29, 0.717) is 16.2 Å². The van der Waals surface area contributed by atoms with Crippen LogP contribution in [0.1, 0.15) is 6.42 Å². The summed E-state index contributed by atoms with van der Waals surface area (Å²) in [5.74, 6) is 1.62. The molecule has 98 valence electrons. The third-order valence-electron chi connectivity index (χ3n) is 2.92. The summed E-state index contributed by atoms with van der Waals surface area (Å²) >= 11 is 9.50. The molecule has 0 bridgehead atoms. The lowest BCUT2D eigenvalue weighted by Crippen LogP contribution is -2.19. The number of nitrogens with zero attached hydrogens (tertiary/aromatic N) is 3. The van der Waals surface area contributed by atoms with Crippen LogP contribution in [0.3, 0.4) is 0 Å². The molecule has 1 aliphatic rings. The molecule has 4 nitrogen and oxygen atoms in total. The lowest BCUT2D eigenvalue weighted by molar-refractivity contribution is 0.322. The number of anilines is 2. The van der Waals surface area contributed by atoms with Crippen molar-refractivity contribution >= 4 is 39.0 Å². The molecule has 1 aromatic carbocycles. The first kappa shape index (κ1) is 12.7. The van der Waals surface area contributed by atoms with Gasteiger partial charge in [0.05, 0.1) is 16.8 Å². The Bertz CT molecular complexity index is 608. The van der Waals surface area contributed by atoms with Gasteiger partial charge in [-0.2, -0.15) is 0 Å². The fourth-order valence-corrected chi connectivity index (χ4v) is 2.62. The van der Waals surface area contributed by atoms with Gasteiger partial charge in [-0.1, -0.05) is 23.7 Å². The maximum absolute atomic E-state index is 6.05. The van der Waals surface area contributed by atoms with Crippen molar-refractivity contribution in [1.82, 2.24) is 9.97 Å². The van der Waals surface area contributed by atoms with Crippen LogP contribution in [0.25, 0.3) is 0 Å². The van der Waals surface area contributed by atoms with Crippen LogP contribution in [-0.4, -0.2) is 23.1 Å². The molecule has 0 radical (unpaired) electrons. The maximum atomic E-state index is 6.05. The number of benzene rings is 1. The second-order valence-electron chi connectivity index (χ2n) is 4.12. The summed E-state index contributed by atoms with van der Waals surface area (Å²) in [5.41, 5.74) is 0.996. The van der Waals surface area contributed by atoms with Gasteiger partial charge in [-0.15, -0.1) is 0 Å². The van der Waals surface area contributed by atoms with Crippen LogP contribution in [0, 0.1) is 0 Å². The third kappa shape index (κ3) is 2.40. The molecular weight excluding hydrogens is 330 g/mol. The average molecular weight is 341 g/mol. The Morgan fingerprint density at radius 3 is 3.00 bits per heavy atom. The number of halogens is 2. The van der Waals surface area contributed by atoms with E-state index in [-0.39, 0.29) is 0 Å². The predicted octanol–water partition coefficient (Wildman–Crippen LogP) is 3.81. The Morgan fingerprint density at radius 1 is 1.26 bits per heavy atom. The first-order chi connectivity index (χ1) is 9.27. The topological polar surface area (TPSA) is 38.2 Å². The Morgan fingerprint density at radius 2 is 2.11 bits per heavy atom. The highest BCUT2D eigenvalue weighted by atomic mass is 79.9. The number of hydrogen-bond donors (Lipinski definition) is 0. The van der Waals surface area contributed by atoms with E-state index in [9.17, 15) is 0 Å². The second kappa shape index (κ2) is 5.35. The molecule has 0 spiro atoms. The molecule has 19 heavy (non-hydrogen) atoms. The van der Waals surface area contributed by atoms with Crippen molar-refractivity contribution in [2.45, 2.75) is 6.42 Å². The molecule has 0 N–H and O–H groups in total. The summed E-state index contributed by atoms with van der Waals surface area (Å²) in [7, 11) is 0. The van der Waals surface area contributed by atoms with Gasteiger partial charge in [0.15, 0.2) is 5.82 Å². The van der Waals surface area contributed by atoms with Gasteiger partial charge in [0, 0.05) is 6.54 Å². The first-order valence-electron chi connectivity index (χ1n) is 5.93. The second-order valence-corrected chi connectivity index (χ2v) is 5.27. The number of aromatic nitrogens is 2. The zero-order chi connectivity index (χ0) is 13.2. The third-order valence-corrected chi connectivity index (χ3v) is 4.17. The lowest BCUT2D eigenvalue weighted by Gasteiger charge is -2.23. The van der Waals surface area contributed by atoms with Gasteiger partial charge in [0.2, 0.25) is 0 Å². The van der Waals surface area contributed by atoms with Gasteiger partial charge in [-0.3, -0.25) is 0 Å². The molecular formula is C13H11BrClN3O. The highest BCUT2D eigenvalue weighted by Crippen LogP contribution is 2.39. The predicted molar refractivity (Wildman–Crippen MR) is 78.3 cm³/mol. The number of para-hydroxylation sites is 2. The highest BCUT2D eigenvalue weighted by molar-refractivity contribution is 9.10. The van der Waals surface area contributed by atoms with E-state index in [1.165, 1.54) is 6.33 Å². The smallest absolute Gasteiger partial charge is 0.152 e. The zero-order valence-electron chi connectivity index (χ0n) is 10.0. The van der Waals surface area contributed by atoms with Crippen molar-refractivity contribution < 1.29 is 4.74 Å². The fourth-order valence-electron chi connectivity index (χ4n) is 2.08. The van der Waals surface area contributed by atoms with Crippen LogP contribution in [-0.2, 0) is 0 Å². The Hall–Kier alpha value is -1.33. The summed E-state index contributed by atoms with van der Waals surface area (Å²) < 4.78 is 6.44. The molecule has 0 amide bonds. The van der Waals surface area contributed by atoms with Gasteiger partial charge in [-0.05, 0) is 34.5 Å². The SMILES string of the molecule is Clc1ncnc(N2CCCOc3ccccc32)c1Br. The highest BCUT2D eigenvalue weighted by Gasteiger charge is 2.21. The summed E-state index contributed by atoms with van der Waals surface area (Å²) in [5, 5.41) is 0.410. The molecule has 6 heteroatoms. The number of fused-ring (bicyclic) bond motifs is 1. The Labute approximate surface area is 124 Å². The molecule has 3 rings (SSSR count). The van der Waals surface area contributed by atoms with Crippen LogP contribution in [0.15, 0.2) is 35.1 Å². The molecule has 2 aromatic rings. The van der Waals surface area contributed by atoms with Crippen molar-refractivity contribution in [3.05, 3.63) is 40.2 Å². The normalized spacial score (nSPS) is 14.5. The maximum Gasteiger partial charge on any atom is 0.152 e. The van der Waals surface area contributed by atoms with Gasteiger partial charge in [-0.25, -0.2) is 9.97 Å². The van der Waals surface area contributed by atoms with Crippen molar-refractivity contribution in [1.29, 1.82) is 0 Å². The molecule has 2 heterocycles. The van der Waals surface area contributed by atoms with Gasteiger partial charge >= 0.3 is 0 Å². The minimum atomic E-state index is 0.410. The average Bonchev–Trinajstić information content (AvgIpc) is 2.64. The zero-order valence-corrected chi connectivity index (χ0v) is 12.4. The van der Waals surface area contributed by atoms with Crippen molar-refractivity contribution in [3.8, 4) is 5.75 Å². The summed E-state index contributed by atoms with van der Waals surface area (Å²) in [6, 6.07) is 7.93. The van der Waals surface area contributed by atoms with E-state index >= 15 is 0 Å². The van der Waals surface area contributed by atoms with Crippen LogP contribution >= 0.6 is 27.5 Å². The van der Waals surface area contributed by atoms with E-state index in [1.54, 1.807) is 0 Å². The number of rotatable bonds is 1. The summed E-state index contributed by atoms with van der Waals surface area (Å²) in [6.45, 7) is 1.52.